The van der Waals surface area contributed by atoms with E-state index in [1.807, 2.05) is 0 Å². The van der Waals surface area contributed by atoms with E-state index in [4.69, 9.17) is 18.0 Å². The molecule has 2 N–H and O–H groups in total. The highest BCUT2D eigenvalue weighted by molar-refractivity contribution is 7.80. The fourth-order valence-electron chi connectivity index (χ4n) is 2.01. The Kier molecular flexibility index (Phi) is 3.99. The first kappa shape index (κ1) is 14.4. The zero-order valence-corrected chi connectivity index (χ0v) is 12.1. The molecule has 0 bridgehead atoms. The highest BCUT2D eigenvalue weighted by Gasteiger charge is 2.21. The molecule has 3 nitrogen and oxygen atoms in total. The average Bonchev–Trinajstić information content (AvgIpc) is 2.45. The van der Waals surface area contributed by atoms with Gasteiger partial charge >= 0.3 is 0 Å². The number of benzene rings is 2. The van der Waals surface area contributed by atoms with Crippen molar-refractivity contribution in [1.82, 2.24) is 4.90 Å². The van der Waals surface area contributed by atoms with Gasteiger partial charge in [-0.25, -0.2) is 4.39 Å². The Morgan fingerprint density at radius 3 is 2.45 bits per heavy atom. The Balaban J connectivity index is 2.51. The Hall–Kier alpha value is -2.01. The number of amides is 1. The standard InChI is InChI=1S/C15H15FN2OS/c1-9(14(17)20)18(2)15(19)12-7-8-13(16)11-6-4-3-5-10(11)12/h3-9H,1-2H3,(H2,17,20). The van der Waals surface area contributed by atoms with E-state index in [1.165, 1.54) is 17.0 Å². The summed E-state index contributed by atoms with van der Waals surface area (Å²) < 4.78 is 13.8. The predicted molar refractivity (Wildman–Crippen MR) is 82.2 cm³/mol. The lowest BCUT2D eigenvalue weighted by Crippen LogP contribution is -2.42. The van der Waals surface area contributed by atoms with Gasteiger partial charge in [0.1, 0.15) is 5.82 Å². The summed E-state index contributed by atoms with van der Waals surface area (Å²) in [6.45, 7) is 1.76. The van der Waals surface area contributed by atoms with Crippen molar-refractivity contribution < 1.29 is 9.18 Å². The first-order valence-corrected chi connectivity index (χ1v) is 6.58. The minimum Gasteiger partial charge on any atom is -0.392 e. The van der Waals surface area contributed by atoms with Gasteiger partial charge in [-0.2, -0.15) is 0 Å². The molecule has 1 atom stereocenters. The van der Waals surface area contributed by atoms with Crippen LogP contribution in [0.4, 0.5) is 4.39 Å². The molecule has 104 valence electrons. The van der Waals surface area contributed by atoms with E-state index in [9.17, 15) is 9.18 Å². The van der Waals surface area contributed by atoms with Crippen LogP contribution in [0, 0.1) is 5.82 Å². The van der Waals surface area contributed by atoms with E-state index in [-0.39, 0.29) is 22.8 Å². The third kappa shape index (κ3) is 2.49. The summed E-state index contributed by atoms with van der Waals surface area (Å²) in [5.74, 6) is -0.580. The van der Waals surface area contributed by atoms with Crippen LogP contribution in [0.5, 0.6) is 0 Å². The molecule has 1 unspecified atom stereocenters. The number of likely N-dealkylation sites (N-methyl/N-ethyl adjacent to an activating group) is 1. The van der Waals surface area contributed by atoms with Gasteiger partial charge in [-0.1, -0.05) is 36.5 Å². The maximum atomic E-state index is 13.8. The van der Waals surface area contributed by atoms with Gasteiger partial charge in [0.2, 0.25) is 0 Å². The largest absolute Gasteiger partial charge is 0.392 e. The van der Waals surface area contributed by atoms with Crippen LogP contribution in [0.15, 0.2) is 36.4 Å². The Morgan fingerprint density at radius 1 is 1.25 bits per heavy atom. The number of rotatable bonds is 3. The Bertz CT molecular complexity index is 687. The molecular weight excluding hydrogens is 275 g/mol. The summed E-state index contributed by atoms with van der Waals surface area (Å²) in [5, 5.41) is 1.01. The number of hydrogen-bond donors (Lipinski definition) is 1. The van der Waals surface area contributed by atoms with Gasteiger partial charge in [-0.15, -0.1) is 0 Å². The van der Waals surface area contributed by atoms with Crippen LogP contribution in [0.3, 0.4) is 0 Å². The lowest BCUT2D eigenvalue weighted by molar-refractivity contribution is 0.0781. The van der Waals surface area contributed by atoms with Gasteiger partial charge in [0, 0.05) is 18.0 Å². The normalized spacial score (nSPS) is 12.2. The van der Waals surface area contributed by atoms with Gasteiger partial charge in [0.15, 0.2) is 0 Å². The monoisotopic (exact) mass is 290 g/mol. The number of carbonyl (C=O) groups excluding carboxylic acids is 1. The molecule has 0 aliphatic heterocycles. The van der Waals surface area contributed by atoms with Gasteiger partial charge in [-0.3, -0.25) is 4.79 Å². The first-order chi connectivity index (χ1) is 9.43. The molecule has 0 aliphatic carbocycles. The third-order valence-electron chi connectivity index (χ3n) is 3.41. The highest BCUT2D eigenvalue weighted by atomic mass is 32.1. The number of thiocarbonyl (C=S) groups is 1. The maximum absolute atomic E-state index is 13.8. The summed E-state index contributed by atoms with van der Waals surface area (Å²) in [6.07, 6.45) is 0. The number of halogens is 1. The van der Waals surface area contributed by atoms with Crippen LogP contribution in [0.1, 0.15) is 17.3 Å². The van der Waals surface area contributed by atoms with E-state index in [2.05, 4.69) is 0 Å². The van der Waals surface area contributed by atoms with Crippen LogP contribution in [0.25, 0.3) is 10.8 Å². The maximum Gasteiger partial charge on any atom is 0.254 e. The Labute approximate surface area is 122 Å². The number of nitrogens with zero attached hydrogens (tertiary/aromatic N) is 1. The lowest BCUT2D eigenvalue weighted by Gasteiger charge is -2.24. The van der Waals surface area contributed by atoms with Gasteiger partial charge < -0.3 is 10.6 Å². The van der Waals surface area contributed by atoms with E-state index in [1.54, 1.807) is 38.2 Å². The second-order valence-corrected chi connectivity index (χ2v) is 5.11. The predicted octanol–water partition coefficient (Wildman–Crippen LogP) is 2.73. The van der Waals surface area contributed by atoms with E-state index in [0.717, 1.165) is 0 Å². The van der Waals surface area contributed by atoms with Crippen molar-refractivity contribution in [3.05, 3.63) is 47.8 Å². The number of fused-ring (bicyclic) bond motifs is 1. The van der Waals surface area contributed by atoms with Crippen LogP contribution < -0.4 is 5.73 Å². The van der Waals surface area contributed by atoms with E-state index in [0.29, 0.717) is 16.3 Å². The lowest BCUT2D eigenvalue weighted by atomic mass is 10.0. The minimum absolute atomic E-state index is 0.235. The van der Waals surface area contributed by atoms with Crippen molar-refractivity contribution >= 4 is 33.9 Å². The quantitative estimate of drug-likeness (QED) is 0.884. The summed E-state index contributed by atoms with van der Waals surface area (Å²) in [6, 6.07) is 9.32. The van der Waals surface area contributed by atoms with Gasteiger partial charge in [0.05, 0.1) is 11.0 Å². The molecule has 0 spiro atoms. The van der Waals surface area contributed by atoms with Crippen LogP contribution in [-0.4, -0.2) is 28.9 Å². The van der Waals surface area contributed by atoms with Crippen molar-refractivity contribution in [1.29, 1.82) is 0 Å². The molecule has 2 aromatic rings. The average molecular weight is 290 g/mol. The summed E-state index contributed by atoms with van der Waals surface area (Å²) in [5.41, 5.74) is 6.00. The van der Waals surface area contributed by atoms with Crippen LogP contribution in [-0.2, 0) is 0 Å². The number of nitrogens with two attached hydrogens (primary N) is 1. The molecule has 0 radical (unpaired) electrons. The molecule has 0 aromatic heterocycles. The van der Waals surface area contributed by atoms with Crippen LogP contribution in [0.2, 0.25) is 0 Å². The van der Waals surface area contributed by atoms with Gasteiger partial charge in [0.25, 0.3) is 5.91 Å². The van der Waals surface area contributed by atoms with Crippen LogP contribution >= 0.6 is 12.2 Å². The van der Waals surface area contributed by atoms with E-state index < -0.39 is 0 Å². The van der Waals surface area contributed by atoms with Crippen molar-refractivity contribution in [3.63, 3.8) is 0 Å². The molecule has 0 saturated carbocycles. The van der Waals surface area contributed by atoms with Crippen molar-refractivity contribution in [2.45, 2.75) is 13.0 Å². The second kappa shape index (κ2) is 5.54. The SMILES string of the molecule is CC(C(N)=S)N(C)C(=O)c1ccc(F)c2ccccc12. The Morgan fingerprint density at radius 2 is 1.85 bits per heavy atom. The first-order valence-electron chi connectivity index (χ1n) is 6.17. The van der Waals surface area contributed by atoms with E-state index >= 15 is 0 Å². The minimum atomic E-state index is -0.360. The second-order valence-electron chi connectivity index (χ2n) is 4.63. The molecule has 1 amide bonds. The molecule has 0 fully saturated rings. The molecule has 20 heavy (non-hydrogen) atoms. The molecule has 0 saturated heterocycles. The molecule has 2 aromatic carbocycles. The summed E-state index contributed by atoms with van der Waals surface area (Å²) >= 11 is 4.90. The smallest absolute Gasteiger partial charge is 0.254 e. The van der Waals surface area contributed by atoms with Gasteiger partial charge in [-0.05, 0) is 24.4 Å². The molecule has 0 heterocycles. The fraction of sp³-hybridized carbons (Fsp3) is 0.200. The van der Waals surface area contributed by atoms with Crippen molar-refractivity contribution in [3.8, 4) is 0 Å². The molecule has 2 rings (SSSR count). The fourth-order valence-corrected chi connectivity index (χ4v) is 2.16. The highest BCUT2D eigenvalue weighted by Crippen LogP contribution is 2.23. The number of carbonyl (C=O) groups is 1. The zero-order valence-electron chi connectivity index (χ0n) is 11.3. The molecule has 0 aliphatic rings. The molecule has 5 heteroatoms. The van der Waals surface area contributed by atoms with Crippen molar-refractivity contribution in [2.75, 3.05) is 7.05 Å². The molecular formula is C15H15FN2OS. The zero-order chi connectivity index (χ0) is 14.9. The topological polar surface area (TPSA) is 46.3 Å². The third-order valence-corrected chi connectivity index (χ3v) is 3.76. The summed E-state index contributed by atoms with van der Waals surface area (Å²) in [7, 11) is 1.63. The summed E-state index contributed by atoms with van der Waals surface area (Å²) in [4.78, 5) is 14.2. The number of hydrogen-bond acceptors (Lipinski definition) is 2. The van der Waals surface area contributed by atoms with Crippen molar-refractivity contribution in [2.24, 2.45) is 5.73 Å².